The first-order chi connectivity index (χ1) is 13.6. The van der Waals surface area contributed by atoms with Gasteiger partial charge in [0.2, 0.25) is 5.91 Å². The average molecular weight is 381 g/mol. The van der Waals surface area contributed by atoms with E-state index in [9.17, 15) is 14.0 Å². The highest BCUT2D eigenvalue weighted by atomic mass is 19.1. The monoisotopic (exact) mass is 381 g/mol. The minimum atomic E-state index is -0.337. The van der Waals surface area contributed by atoms with Gasteiger partial charge in [0.1, 0.15) is 5.82 Å². The molecule has 28 heavy (non-hydrogen) atoms. The molecule has 2 aromatic carbocycles. The minimum Gasteiger partial charge on any atom is -0.334 e. The van der Waals surface area contributed by atoms with Crippen LogP contribution in [0.2, 0.25) is 0 Å². The standard InChI is InChI=1S/C22H24FN3O2/c23-18-8-5-15(6-9-18)14-24-22(28)25-19-10-7-16-11-12-26(20(16)13-19)21(27)17-3-1-2-4-17/h5-10,13,17H,1-4,11-12,14H2,(H2,24,25,28). The Morgan fingerprint density at radius 2 is 1.82 bits per heavy atom. The van der Waals surface area contributed by atoms with Gasteiger partial charge in [-0.25, -0.2) is 9.18 Å². The Bertz CT molecular complexity index is 876. The summed E-state index contributed by atoms with van der Waals surface area (Å²) in [6.07, 6.45) is 5.08. The highest BCUT2D eigenvalue weighted by Crippen LogP contribution is 2.35. The predicted octanol–water partition coefficient (Wildman–Crippen LogP) is 4.23. The number of nitrogens with one attached hydrogen (secondary N) is 2. The van der Waals surface area contributed by atoms with Gasteiger partial charge in [-0.1, -0.05) is 31.0 Å². The molecule has 0 bridgehead atoms. The lowest BCUT2D eigenvalue weighted by Crippen LogP contribution is -2.34. The van der Waals surface area contributed by atoms with Gasteiger partial charge in [0.05, 0.1) is 0 Å². The van der Waals surface area contributed by atoms with Crippen LogP contribution in [0.15, 0.2) is 42.5 Å². The van der Waals surface area contributed by atoms with E-state index in [0.717, 1.165) is 48.9 Å². The summed E-state index contributed by atoms with van der Waals surface area (Å²) in [5.74, 6) is 0.0544. The molecule has 5 nitrogen and oxygen atoms in total. The second-order valence-corrected chi connectivity index (χ2v) is 7.50. The molecule has 0 saturated heterocycles. The molecule has 1 aliphatic heterocycles. The van der Waals surface area contributed by atoms with Gasteiger partial charge < -0.3 is 15.5 Å². The number of nitrogens with zero attached hydrogens (tertiary/aromatic N) is 1. The Morgan fingerprint density at radius 3 is 2.57 bits per heavy atom. The third-order valence-electron chi connectivity index (χ3n) is 5.58. The maximum atomic E-state index is 12.9. The van der Waals surface area contributed by atoms with Crippen LogP contribution in [0.1, 0.15) is 36.8 Å². The molecular formula is C22H24FN3O2. The van der Waals surface area contributed by atoms with Crippen LogP contribution in [0, 0.1) is 11.7 Å². The van der Waals surface area contributed by atoms with Gasteiger partial charge in [-0.2, -0.15) is 0 Å². The van der Waals surface area contributed by atoms with Crippen molar-refractivity contribution >= 4 is 23.3 Å². The number of anilines is 2. The Labute approximate surface area is 163 Å². The fourth-order valence-corrected chi connectivity index (χ4v) is 4.04. The Hall–Kier alpha value is -2.89. The van der Waals surface area contributed by atoms with E-state index in [0.29, 0.717) is 18.8 Å². The summed E-state index contributed by atoms with van der Waals surface area (Å²) in [6, 6.07) is 11.4. The third-order valence-corrected chi connectivity index (χ3v) is 5.58. The zero-order valence-electron chi connectivity index (χ0n) is 15.7. The van der Waals surface area contributed by atoms with E-state index in [-0.39, 0.29) is 23.7 Å². The smallest absolute Gasteiger partial charge is 0.319 e. The molecule has 146 valence electrons. The van der Waals surface area contributed by atoms with Crippen LogP contribution in [0.3, 0.4) is 0 Å². The highest BCUT2D eigenvalue weighted by Gasteiger charge is 2.31. The summed E-state index contributed by atoms with van der Waals surface area (Å²) in [7, 11) is 0. The van der Waals surface area contributed by atoms with Gasteiger partial charge in [0, 0.05) is 30.4 Å². The first kappa shape index (κ1) is 18.5. The molecule has 4 rings (SSSR count). The lowest BCUT2D eigenvalue weighted by atomic mass is 10.1. The van der Waals surface area contributed by atoms with Crippen molar-refractivity contribution in [3.8, 4) is 0 Å². The topological polar surface area (TPSA) is 61.4 Å². The molecule has 1 heterocycles. The van der Waals surface area contributed by atoms with Gasteiger partial charge in [0.25, 0.3) is 0 Å². The van der Waals surface area contributed by atoms with Crippen LogP contribution in [-0.2, 0) is 17.8 Å². The fourth-order valence-electron chi connectivity index (χ4n) is 4.04. The van der Waals surface area contributed by atoms with Crippen LogP contribution in [0.5, 0.6) is 0 Å². The summed E-state index contributed by atoms with van der Waals surface area (Å²) >= 11 is 0. The molecule has 0 radical (unpaired) electrons. The number of hydrogen-bond acceptors (Lipinski definition) is 2. The van der Waals surface area contributed by atoms with Crippen molar-refractivity contribution in [2.24, 2.45) is 5.92 Å². The third kappa shape index (κ3) is 4.01. The summed E-state index contributed by atoms with van der Waals surface area (Å²) in [5, 5.41) is 5.58. The second-order valence-electron chi connectivity index (χ2n) is 7.50. The van der Waals surface area contributed by atoms with E-state index >= 15 is 0 Å². The molecule has 3 amide bonds. The maximum absolute atomic E-state index is 12.9. The molecule has 6 heteroatoms. The first-order valence-electron chi connectivity index (χ1n) is 9.84. The second kappa shape index (κ2) is 8.00. The van der Waals surface area contributed by atoms with Crippen molar-refractivity contribution in [2.75, 3.05) is 16.8 Å². The molecule has 1 aliphatic carbocycles. The molecule has 1 fully saturated rings. The summed E-state index contributed by atoms with van der Waals surface area (Å²) < 4.78 is 12.9. The lowest BCUT2D eigenvalue weighted by molar-refractivity contribution is -0.122. The quantitative estimate of drug-likeness (QED) is 0.833. The van der Waals surface area contributed by atoms with Crippen molar-refractivity contribution in [1.29, 1.82) is 0 Å². The average Bonchev–Trinajstić information content (AvgIpc) is 3.37. The van der Waals surface area contributed by atoms with Gasteiger partial charge in [-0.3, -0.25) is 4.79 Å². The minimum absolute atomic E-state index is 0.140. The number of halogens is 1. The van der Waals surface area contributed by atoms with Crippen LogP contribution < -0.4 is 15.5 Å². The van der Waals surface area contributed by atoms with Crippen molar-refractivity contribution < 1.29 is 14.0 Å². The van der Waals surface area contributed by atoms with E-state index in [4.69, 9.17) is 0 Å². The number of amides is 3. The van der Waals surface area contributed by atoms with Gasteiger partial charge in [0.15, 0.2) is 0 Å². The van der Waals surface area contributed by atoms with Crippen LogP contribution in [0.4, 0.5) is 20.6 Å². The Morgan fingerprint density at radius 1 is 1.07 bits per heavy atom. The lowest BCUT2D eigenvalue weighted by Gasteiger charge is -2.21. The maximum Gasteiger partial charge on any atom is 0.319 e. The largest absolute Gasteiger partial charge is 0.334 e. The molecule has 1 saturated carbocycles. The van der Waals surface area contributed by atoms with E-state index in [1.165, 1.54) is 12.1 Å². The fraction of sp³-hybridized carbons (Fsp3) is 0.364. The number of carbonyl (C=O) groups is 2. The molecule has 0 aromatic heterocycles. The molecule has 2 N–H and O–H groups in total. The zero-order chi connectivity index (χ0) is 19.5. The molecule has 0 spiro atoms. The molecular weight excluding hydrogens is 357 g/mol. The zero-order valence-corrected chi connectivity index (χ0v) is 15.7. The highest BCUT2D eigenvalue weighted by molar-refractivity contribution is 5.98. The summed E-state index contributed by atoms with van der Waals surface area (Å²) in [4.78, 5) is 26.9. The van der Waals surface area contributed by atoms with Crippen molar-refractivity contribution in [2.45, 2.75) is 38.6 Å². The molecule has 0 atom stereocenters. The normalized spacial score (nSPS) is 16.1. The first-order valence-corrected chi connectivity index (χ1v) is 9.84. The van der Waals surface area contributed by atoms with Gasteiger partial charge in [-0.05, 0) is 54.7 Å². The number of benzene rings is 2. The van der Waals surface area contributed by atoms with Crippen molar-refractivity contribution in [1.82, 2.24) is 5.32 Å². The molecule has 2 aromatic rings. The Balaban J connectivity index is 1.39. The SMILES string of the molecule is O=C(NCc1ccc(F)cc1)Nc1ccc2c(c1)N(C(=O)C1CCCC1)CC2. The summed E-state index contributed by atoms with van der Waals surface area (Å²) in [6.45, 7) is 1.02. The number of rotatable bonds is 4. The van der Waals surface area contributed by atoms with Gasteiger partial charge in [-0.15, -0.1) is 0 Å². The van der Waals surface area contributed by atoms with Gasteiger partial charge >= 0.3 is 6.03 Å². The van der Waals surface area contributed by atoms with E-state index in [2.05, 4.69) is 10.6 Å². The van der Waals surface area contributed by atoms with E-state index in [1.807, 2.05) is 23.1 Å². The number of hydrogen-bond donors (Lipinski definition) is 2. The van der Waals surface area contributed by atoms with E-state index in [1.54, 1.807) is 12.1 Å². The van der Waals surface area contributed by atoms with Crippen LogP contribution in [-0.4, -0.2) is 18.5 Å². The number of urea groups is 1. The van der Waals surface area contributed by atoms with E-state index < -0.39 is 0 Å². The van der Waals surface area contributed by atoms with Crippen LogP contribution >= 0.6 is 0 Å². The molecule has 0 unspecified atom stereocenters. The molecule has 2 aliphatic rings. The number of fused-ring (bicyclic) bond motifs is 1. The Kier molecular flexibility index (Phi) is 5.28. The van der Waals surface area contributed by atoms with Crippen LogP contribution in [0.25, 0.3) is 0 Å². The van der Waals surface area contributed by atoms with Crippen molar-refractivity contribution in [3.05, 3.63) is 59.4 Å². The summed E-state index contributed by atoms with van der Waals surface area (Å²) in [5.41, 5.74) is 3.53. The predicted molar refractivity (Wildman–Crippen MR) is 107 cm³/mol. The number of carbonyl (C=O) groups excluding carboxylic acids is 2. The van der Waals surface area contributed by atoms with Crippen molar-refractivity contribution in [3.63, 3.8) is 0 Å².